The number of hydrogen-bond acceptors (Lipinski definition) is 11. The molecule has 77 heavy (non-hydrogen) atoms. The third kappa shape index (κ3) is 43.4. The number of aliphatic hydroxyl groups is 2. The maximum absolute atomic E-state index is 13.2. The molecule has 1 rings (SSSR count). The van der Waals surface area contributed by atoms with Crippen molar-refractivity contribution in [1.29, 1.82) is 0 Å². The number of ether oxygens (including phenoxy) is 5. The first-order valence-electron chi connectivity index (χ1n) is 32.0. The highest BCUT2D eigenvalue weighted by Gasteiger charge is 2.50. The van der Waals surface area contributed by atoms with Gasteiger partial charge in [0.25, 0.3) is 0 Å². The van der Waals surface area contributed by atoms with Crippen molar-refractivity contribution in [2.24, 2.45) is 0 Å². The van der Waals surface area contributed by atoms with Crippen LogP contribution in [0.5, 0.6) is 0 Å². The minimum absolute atomic E-state index is 0.0638. The van der Waals surface area contributed by atoms with Crippen molar-refractivity contribution in [3.8, 4) is 0 Å². The highest BCUT2D eigenvalue weighted by Crippen LogP contribution is 2.27. The highest BCUT2D eigenvalue weighted by molar-refractivity contribution is 5.74. The van der Waals surface area contributed by atoms with Gasteiger partial charge >= 0.3 is 23.9 Å². The maximum atomic E-state index is 13.2. The number of aliphatic hydroxyl groups excluding tert-OH is 2. The topological polar surface area (TPSA) is 175 Å². The van der Waals surface area contributed by atoms with E-state index < -0.39 is 67.3 Å². The predicted octanol–water partition coefficient (Wildman–Crippen LogP) is 16.8. The Morgan fingerprint density at radius 2 is 0.818 bits per heavy atom. The van der Waals surface area contributed by atoms with E-state index in [2.05, 4.69) is 57.2 Å². The van der Waals surface area contributed by atoms with Crippen molar-refractivity contribution in [2.75, 3.05) is 13.2 Å². The van der Waals surface area contributed by atoms with Crippen molar-refractivity contribution < 1.29 is 58.2 Å². The van der Waals surface area contributed by atoms with Crippen LogP contribution in [0.1, 0.15) is 303 Å². The molecule has 0 aromatic heterocycles. The van der Waals surface area contributed by atoms with Crippen molar-refractivity contribution in [3.05, 3.63) is 36.5 Å². The minimum atomic E-state index is -1.90. The van der Waals surface area contributed by atoms with Gasteiger partial charge in [0.1, 0.15) is 18.8 Å². The largest absolute Gasteiger partial charge is 0.479 e. The normalized spacial score (nSPS) is 18.2. The van der Waals surface area contributed by atoms with Gasteiger partial charge in [0.15, 0.2) is 24.6 Å². The molecule has 0 aliphatic carbocycles. The molecule has 12 heteroatoms. The van der Waals surface area contributed by atoms with E-state index in [1.54, 1.807) is 0 Å². The Balaban J connectivity index is 2.64. The number of carboxylic acids is 1. The third-order valence-electron chi connectivity index (χ3n) is 14.7. The van der Waals surface area contributed by atoms with Gasteiger partial charge in [-0.05, 0) is 51.4 Å². The number of carboxylic acid groups (broad SMARTS) is 1. The number of unbranched alkanes of at least 4 members (excludes halogenated alkanes) is 35. The molecule has 1 heterocycles. The zero-order valence-electron chi connectivity index (χ0n) is 49.5. The number of rotatable bonds is 55. The Bertz CT molecular complexity index is 1480. The molecule has 1 saturated heterocycles. The average Bonchev–Trinajstić information content (AvgIpc) is 3.41. The van der Waals surface area contributed by atoms with Crippen molar-refractivity contribution in [1.82, 2.24) is 0 Å². The molecule has 3 N–H and O–H groups in total. The van der Waals surface area contributed by atoms with Gasteiger partial charge in [-0.15, -0.1) is 0 Å². The minimum Gasteiger partial charge on any atom is -0.479 e. The molecule has 0 amide bonds. The van der Waals surface area contributed by atoms with Crippen LogP contribution >= 0.6 is 0 Å². The molecule has 1 fully saturated rings. The van der Waals surface area contributed by atoms with E-state index >= 15 is 0 Å². The van der Waals surface area contributed by atoms with E-state index in [1.165, 1.54) is 148 Å². The fourth-order valence-electron chi connectivity index (χ4n) is 9.86. The summed E-state index contributed by atoms with van der Waals surface area (Å²) >= 11 is 0. The van der Waals surface area contributed by atoms with Gasteiger partial charge in [0.05, 0.1) is 6.61 Å². The maximum Gasteiger partial charge on any atom is 0.335 e. The first-order valence-corrected chi connectivity index (χ1v) is 32.0. The molecule has 6 unspecified atom stereocenters. The van der Waals surface area contributed by atoms with Crippen LogP contribution in [-0.4, -0.2) is 89.2 Å². The Hall–Kier alpha value is -3.06. The molecule has 0 aromatic rings. The number of hydrogen-bond donors (Lipinski definition) is 3. The summed E-state index contributed by atoms with van der Waals surface area (Å²) in [5, 5.41) is 31.5. The molecule has 0 radical (unpaired) electrons. The Kier molecular flexibility index (Phi) is 50.1. The molecule has 6 atom stereocenters. The first-order chi connectivity index (χ1) is 37.6. The van der Waals surface area contributed by atoms with Crippen LogP contribution in [0.4, 0.5) is 0 Å². The quantitative estimate of drug-likeness (QED) is 0.0228. The molecule has 448 valence electrons. The lowest BCUT2D eigenvalue weighted by atomic mass is 9.98. The highest BCUT2D eigenvalue weighted by atomic mass is 16.7. The monoisotopic (exact) mass is 1090 g/mol. The van der Waals surface area contributed by atoms with Gasteiger partial charge in [-0.3, -0.25) is 14.4 Å². The molecular weight excluding hydrogens is 973 g/mol. The Morgan fingerprint density at radius 1 is 0.442 bits per heavy atom. The van der Waals surface area contributed by atoms with Gasteiger partial charge in [-0.1, -0.05) is 269 Å². The first kappa shape index (κ1) is 72.0. The van der Waals surface area contributed by atoms with E-state index in [9.17, 15) is 34.5 Å². The van der Waals surface area contributed by atoms with Crippen LogP contribution in [0.2, 0.25) is 0 Å². The van der Waals surface area contributed by atoms with Crippen molar-refractivity contribution in [2.45, 2.75) is 340 Å². The summed E-state index contributed by atoms with van der Waals surface area (Å²) in [7, 11) is 0. The van der Waals surface area contributed by atoms with E-state index in [0.717, 1.165) is 96.3 Å². The lowest BCUT2D eigenvalue weighted by Crippen LogP contribution is -2.61. The van der Waals surface area contributed by atoms with Crippen LogP contribution in [0.3, 0.4) is 0 Å². The molecule has 12 nitrogen and oxygen atoms in total. The molecular formula is C65H116O12. The summed E-state index contributed by atoms with van der Waals surface area (Å²) in [6, 6.07) is 0. The number of esters is 3. The summed E-state index contributed by atoms with van der Waals surface area (Å²) in [6.07, 6.45) is 51.1. The summed E-state index contributed by atoms with van der Waals surface area (Å²) in [6.45, 7) is 5.91. The zero-order valence-corrected chi connectivity index (χ0v) is 49.5. The van der Waals surface area contributed by atoms with Gasteiger partial charge in [-0.2, -0.15) is 0 Å². The summed E-state index contributed by atoms with van der Waals surface area (Å²) in [5.74, 6) is -3.11. The second-order valence-electron chi connectivity index (χ2n) is 22.0. The number of carbonyl (C=O) groups is 4. The third-order valence-corrected chi connectivity index (χ3v) is 14.7. The van der Waals surface area contributed by atoms with Crippen LogP contribution in [0.25, 0.3) is 0 Å². The van der Waals surface area contributed by atoms with Gasteiger partial charge in [0, 0.05) is 19.3 Å². The smallest absolute Gasteiger partial charge is 0.335 e. The van der Waals surface area contributed by atoms with Crippen molar-refractivity contribution >= 4 is 23.9 Å². The number of allylic oxidation sites excluding steroid dienone is 6. The summed E-state index contributed by atoms with van der Waals surface area (Å²) in [4.78, 5) is 51.2. The zero-order chi connectivity index (χ0) is 56.1. The average molecular weight is 1090 g/mol. The summed E-state index contributed by atoms with van der Waals surface area (Å²) in [5.41, 5.74) is 0. The standard InChI is InChI=1S/C65H116O12/c1-4-7-10-13-16-19-22-25-27-28-29-30-32-34-36-39-42-45-48-51-57(66)73-54-56(75-58(67)52-49-46-43-40-38-35-31-26-23-20-17-14-11-8-5-2)55-74-65-63(61(70)60(69)62(77-65)64(71)72)76-59(68)53-50-47-44-41-37-33-24-21-18-15-12-9-6-3/h8,11,17,20,26,31,56,60-63,65,69-70H,4-7,9-10,12-16,18-19,21-25,27-30,32-55H2,1-3H3,(H,71,72)/b11-8-,20-17-,31-26-. The fourth-order valence-corrected chi connectivity index (χ4v) is 9.86. The van der Waals surface area contributed by atoms with E-state index in [-0.39, 0.29) is 25.9 Å². The lowest BCUT2D eigenvalue weighted by molar-refractivity contribution is -0.301. The van der Waals surface area contributed by atoms with Gasteiger partial charge < -0.3 is 39.0 Å². The Labute approximate surface area is 470 Å². The second-order valence-corrected chi connectivity index (χ2v) is 22.0. The molecule has 0 saturated carbocycles. The van der Waals surface area contributed by atoms with Crippen molar-refractivity contribution in [3.63, 3.8) is 0 Å². The van der Waals surface area contributed by atoms with Gasteiger partial charge in [0.2, 0.25) is 0 Å². The molecule has 1 aliphatic rings. The second kappa shape index (κ2) is 53.6. The lowest BCUT2D eigenvalue weighted by Gasteiger charge is -2.40. The van der Waals surface area contributed by atoms with Crippen LogP contribution in [0.15, 0.2) is 36.5 Å². The van der Waals surface area contributed by atoms with E-state index in [1.807, 2.05) is 0 Å². The number of carbonyl (C=O) groups excluding carboxylic acids is 3. The summed E-state index contributed by atoms with van der Waals surface area (Å²) < 4.78 is 28.5. The molecule has 0 aromatic carbocycles. The molecule has 0 spiro atoms. The number of aliphatic carboxylic acids is 1. The van der Waals surface area contributed by atoms with Crippen LogP contribution < -0.4 is 0 Å². The van der Waals surface area contributed by atoms with E-state index in [4.69, 9.17) is 23.7 Å². The SMILES string of the molecule is CC/C=C\C/C=C\C/C=C\CCCCCCCC(=O)OC(COC(=O)CCCCCCCCCCCCCCCCCCCCC)COC1OC(C(=O)O)C(O)C(O)C1OC(=O)CCCCCCCCCCCCCCC. The van der Waals surface area contributed by atoms with E-state index in [0.29, 0.717) is 19.3 Å². The molecule has 1 aliphatic heterocycles. The van der Waals surface area contributed by atoms with Crippen LogP contribution in [0, 0.1) is 0 Å². The fraction of sp³-hybridized carbons (Fsp3) is 0.846. The Morgan fingerprint density at radius 3 is 1.25 bits per heavy atom. The van der Waals surface area contributed by atoms with Crippen LogP contribution in [-0.2, 0) is 42.9 Å². The molecule has 0 bridgehead atoms. The predicted molar refractivity (Wildman–Crippen MR) is 313 cm³/mol. The van der Waals surface area contributed by atoms with Gasteiger partial charge in [-0.25, -0.2) is 4.79 Å².